The van der Waals surface area contributed by atoms with Crippen LogP contribution >= 0.6 is 0 Å². The first-order chi connectivity index (χ1) is 12.0. The molecule has 0 saturated carbocycles. The summed E-state index contributed by atoms with van der Waals surface area (Å²) in [5, 5.41) is 16.8. The molecule has 1 aromatic rings. The molecule has 2 atom stereocenters. The predicted octanol–water partition coefficient (Wildman–Crippen LogP) is 1.66. The Kier molecular flexibility index (Phi) is 7.31. The van der Waals surface area contributed by atoms with E-state index in [1.54, 1.807) is 6.92 Å². The van der Waals surface area contributed by atoms with Crippen molar-refractivity contribution in [2.75, 3.05) is 13.2 Å². The van der Waals surface area contributed by atoms with Gasteiger partial charge in [-0.1, -0.05) is 19.0 Å². The SMILES string of the molecule is Cc1cc(F)c(C(=O)NC(C)CNC(=O)C(N=O)C(C)(C)CO)cc1F. The van der Waals surface area contributed by atoms with Crippen molar-refractivity contribution in [3.63, 3.8) is 0 Å². The summed E-state index contributed by atoms with van der Waals surface area (Å²) in [5.74, 6) is -3.09. The minimum absolute atomic E-state index is 0.0614. The van der Waals surface area contributed by atoms with Crippen molar-refractivity contribution in [2.45, 2.75) is 39.8 Å². The lowest BCUT2D eigenvalue weighted by Crippen LogP contribution is -2.48. The van der Waals surface area contributed by atoms with Crippen molar-refractivity contribution < 1.29 is 23.5 Å². The van der Waals surface area contributed by atoms with E-state index in [9.17, 15) is 28.4 Å². The summed E-state index contributed by atoms with van der Waals surface area (Å²) in [6.45, 7) is 5.47. The fourth-order valence-corrected chi connectivity index (χ4v) is 2.16. The molecule has 0 radical (unpaired) electrons. The highest BCUT2D eigenvalue weighted by molar-refractivity contribution is 5.94. The molecule has 0 fully saturated rings. The van der Waals surface area contributed by atoms with E-state index in [0.29, 0.717) is 0 Å². The minimum Gasteiger partial charge on any atom is -0.396 e. The van der Waals surface area contributed by atoms with Crippen molar-refractivity contribution in [1.82, 2.24) is 10.6 Å². The number of hydrogen-bond donors (Lipinski definition) is 3. The Labute approximate surface area is 150 Å². The zero-order valence-corrected chi connectivity index (χ0v) is 15.1. The molecule has 2 unspecified atom stereocenters. The van der Waals surface area contributed by atoms with E-state index in [0.717, 1.165) is 12.1 Å². The number of aliphatic hydroxyl groups is 1. The van der Waals surface area contributed by atoms with E-state index in [1.807, 2.05) is 0 Å². The fraction of sp³-hybridized carbons (Fsp3) is 0.529. The van der Waals surface area contributed by atoms with Crippen LogP contribution in [0.2, 0.25) is 0 Å². The highest BCUT2D eigenvalue weighted by Gasteiger charge is 2.36. The van der Waals surface area contributed by atoms with Gasteiger partial charge in [-0.15, -0.1) is 4.91 Å². The summed E-state index contributed by atoms with van der Waals surface area (Å²) >= 11 is 0. The highest BCUT2D eigenvalue weighted by Crippen LogP contribution is 2.22. The summed E-state index contributed by atoms with van der Waals surface area (Å²) in [6.07, 6.45) is 0. The largest absolute Gasteiger partial charge is 0.396 e. The maximum Gasteiger partial charge on any atom is 0.254 e. The molecular formula is C17H23F2N3O4. The Bertz CT molecular complexity index is 695. The number of nitroso groups, excluding NO2 is 1. The average Bonchev–Trinajstić information content (AvgIpc) is 2.56. The van der Waals surface area contributed by atoms with Gasteiger partial charge in [0.25, 0.3) is 5.91 Å². The van der Waals surface area contributed by atoms with Crippen LogP contribution < -0.4 is 10.6 Å². The Hall–Kier alpha value is -2.42. The topological polar surface area (TPSA) is 108 Å². The lowest BCUT2D eigenvalue weighted by atomic mass is 9.85. The van der Waals surface area contributed by atoms with Gasteiger partial charge in [-0.25, -0.2) is 8.78 Å². The van der Waals surface area contributed by atoms with Crippen molar-refractivity contribution >= 4 is 11.8 Å². The van der Waals surface area contributed by atoms with E-state index < -0.39 is 53.1 Å². The number of carbonyl (C=O) groups is 2. The van der Waals surface area contributed by atoms with Crippen LogP contribution in [0.4, 0.5) is 8.78 Å². The minimum atomic E-state index is -1.31. The Balaban J connectivity index is 2.68. The Morgan fingerprint density at radius 2 is 1.88 bits per heavy atom. The number of aliphatic hydroxyl groups excluding tert-OH is 1. The maximum absolute atomic E-state index is 13.8. The molecule has 9 heteroatoms. The van der Waals surface area contributed by atoms with Crippen LogP contribution in [0, 0.1) is 28.9 Å². The molecule has 0 aliphatic heterocycles. The number of rotatable bonds is 8. The van der Waals surface area contributed by atoms with E-state index >= 15 is 0 Å². The molecule has 7 nitrogen and oxygen atoms in total. The Morgan fingerprint density at radius 1 is 1.27 bits per heavy atom. The first-order valence-corrected chi connectivity index (χ1v) is 8.01. The first-order valence-electron chi connectivity index (χ1n) is 8.01. The number of nitrogens with one attached hydrogen (secondary N) is 2. The summed E-state index contributed by atoms with van der Waals surface area (Å²) in [4.78, 5) is 35.0. The molecule has 0 saturated heterocycles. The van der Waals surface area contributed by atoms with Gasteiger partial charge in [0.1, 0.15) is 11.6 Å². The van der Waals surface area contributed by atoms with Crippen LogP contribution in [-0.4, -0.2) is 42.2 Å². The zero-order chi connectivity index (χ0) is 20.1. The van der Waals surface area contributed by atoms with E-state index in [2.05, 4.69) is 15.8 Å². The van der Waals surface area contributed by atoms with Gasteiger partial charge in [-0.05, 0) is 31.5 Å². The summed E-state index contributed by atoms with van der Waals surface area (Å²) in [7, 11) is 0. The summed E-state index contributed by atoms with van der Waals surface area (Å²) in [5.41, 5.74) is -1.40. The van der Waals surface area contributed by atoms with Crippen molar-refractivity contribution in [2.24, 2.45) is 10.6 Å². The number of carbonyl (C=O) groups excluding carboxylic acids is 2. The molecule has 0 aliphatic carbocycles. The predicted molar refractivity (Wildman–Crippen MR) is 91.5 cm³/mol. The molecule has 0 heterocycles. The lowest BCUT2D eigenvalue weighted by molar-refractivity contribution is -0.125. The molecule has 0 aromatic heterocycles. The normalized spacial score (nSPS) is 13.7. The smallest absolute Gasteiger partial charge is 0.254 e. The molecular weight excluding hydrogens is 348 g/mol. The van der Waals surface area contributed by atoms with Crippen LogP contribution in [0.1, 0.15) is 36.7 Å². The number of benzene rings is 1. The molecule has 0 bridgehead atoms. The second kappa shape index (κ2) is 8.79. The molecule has 144 valence electrons. The van der Waals surface area contributed by atoms with E-state index in [4.69, 9.17) is 0 Å². The second-order valence-corrected chi connectivity index (χ2v) is 6.86. The third-order valence-corrected chi connectivity index (χ3v) is 3.95. The average molecular weight is 371 g/mol. The molecule has 2 amide bonds. The van der Waals surface area contributed by atoms with Crippen LogP contribution in [0.3, 0.4) is 0 Å². The van der Waals surface area contributed by atoms with Gasteiger partial charge in [-0.3, -0.25) is 9.59 Å². The zero-order valence-electron chi connectivity index (χ0n) is 15.1. The van der Waals surface area contributed by atoms with Gasteiger partial charge in [0.2, 0.25) is 5.91 Å². The van der Waals surface area contributed by atoms with Crippen molar-refractivity contribution in [1.29, 1.82) is 0 Å². The van der Waals surface area contributed by atoms with Crippen LogP contribution in [0.5, 0.6) is 0 Å². The standard InChI is InChI=1S/C17H23F2N3O4/c1-9-5-13(19)11(6-12(9)18)15(24)21-10(2)7-20-16(25)14(22-26)17(3,4)8-23/h5-6,10,14,23H,7-8H2,1-4H3,(H,20,25)(H,21,24). The Morgan fingerprint density at radius 3 is 2.42 bits per heavy atom. The van der Waals surface area contributed by atoms with Gasteiger partial charge < -0.3 is 15.7 Å². The van der Waals surface area contributed by atoms with Crippen LogP contribution in [-0.2, 0) is 4.79 Å². The van der Waals surface area contributed by atoms with Crippen molar-refractivity contribution in [3.05, 3.63) is 39.8 Å². The number of nitrogens with zero attached hydrogens (tertiary/aromatic N) is 1. The number of halogens is 2. The van der Waals surface area contributed by atoms with Crippen LogP contribution in [0.15, 0.2) is 17.3 Å². The highest BCUT2D eigenvalue weighted by atomic mass is 19.1. The monoisotopic (exact) mass is 371 g/mol. The number of aryl methyl sites for hydroxylation is 1. The van der Waals surface area contributed by atoms with Crippen LogP contribution in [0.25, 0.3) is 0 Å². The fourth-order valence-electron chi connectivity index (χ4n) is 2.16. The van der Waals surface area contributed by atoms with Gasteiger partial charge in [0, 0.05) is 18.0 Å². The quantitative estimate of drug-likeness (QED) is 0.604. The molecule has 26 heavy (non-hydrogen) atoms. The molecule has 1 aromatic carbocycles. The van der Waals surface area contributed by atoms with Gasteiger partial charge in [-0.2, -0.15) is 0 Å². The van der Waals surface area contributed by atoms with Crippen molar-refractivity contribution in [3.8, 4) is 0 Å². The second-order valence-electron chi connectivity index (χ2n) is 6.86. The maximum atomic E-state index is 13.8. The lowest BCUT2D eigenvalue weighted by Gasteiger charge is -2.26. The third-order valence-electron chi connectivity index (χ3n) is 3.95. The molecule has 0 aliphatic rings. The molecule has 3 N–H and O–H groups in total. The number of amides is 2. The van der Waals surface area contributed by atoms with Gasteiger partial charge >= 0.3 is 0 Å². The first kappa shape index (κ1) is 21.6. The third kappa shape index (κ3) is 5.29. The van der Waals surface area contributed by atoms with E-state index in [1.165, 1.54) is 20.8 Å². The van der Waals surface area contributed by atoms with Gasteiger partial charge in [0.05, 0.1) is 12.2 Å². The molecule has 1 rings (SSSR count). The molecule has 0 spiro atoms. The summed E-state index contributed by atoms with van der Waals surface area (Å²) < 4.78 is 27.3. The van der Waals surface area contributed by atoms with E-state index in [-0.39, 0.29) is 12.1 Å². The van der Waals surface area contributed by atoms with Gasteiger partial charge in [0.15, 0.2) is 6.04 Å². The summed E-state index contributed by atoms with van der Waals surface area (Å²) in [6, 6.07) is -0.200. The number of hydrogen-bond acceptors (Lipinski definition) is 5.